The Bertz CT molecular complexity index is 1170. The topological polar surface area (TPSA) is 26.3 Å². The minimum Gasteiger partial charge on any atom is -0.461 e. The van der Waals surface area contributed by atoms with Gasteiger partial charge in [0.15, 0.2) is 5.78 Å². The van der Waals surface area contributed by atoms with Gasteiger partial charge in [0, 0.05) is 29.9 Å². The number of allylic oxidation sites excluding steroid dienone is 3. The average molecular weight is 380 g/mol. The van der Waals surface area contributed by atoms with Crippen LogP contribution in [0.2, 0.25) is 0 Å². The van der Waals surface area contributed by atoms with Gasteiger partial charge >= 0.3 is 0 Å². The summed E-state index contributed by atoms with van der Waals surface area (Å²) < 4.78 is 6.34. The molecule has 1 aliphatic heterocycles. The lowest BCUT2D eigenvalue weighted by molar-refractivity contribution is -0.118. The van der Waals surface area contributed by atoms with E-state index in [1.807, 2.05) is 18.2 Å². The van der Waals surface area contributed by atoms with Gasteiger partial charge in [-0.3, -0.25) is 4.79 Å². The maximum Gasteiger partial charge on any atom is 0.163 e. The van der Waals surface area contributed by atoms with Gasteiger partial charge in [0.05, 0.1) is 0 Å². The molecular weight excluding hydrogens is 356 g/mol. The molecule has 0 spiro atoms. The average Bonchev–Trinajstić information content (AvgIpc) is 2.72. The van der Waals surface area contributed by atoms with Gasteiger partial charge in [0.2, 0.25) is 0 Å². The maximum atomic E-state index is 13.2. The number of ketones is 1. The van der Waals surface area contributed by atoms with Crippen molar-refractivity contribution in [2.24, 2.45) is 5.41 Å². The third kappa shape index (κ3) is 3.29. The number of carbonyl (C=O) groups excluding carboxylic acids is 1. The van der Waals surface area contributed by atoms with E-state index in [0.29, 0.717) is 6.42 Å². The first-order chi connectivity index (χ1) is 14.0. The standard InChI is InChI=1S/C27H24O2/c1-27(2)16-23(28)26-22(21-13-12-18-8-6-7-11-20(18)14-21)15-24(29-25(26)17-27)19-9-4-3-5-10-19/h3-15,22H,16-17H2,1-2H3. The summed E-state index contributed by atoms with van der Waals surface area (Å²) >= 11 is 0. The van der Waals surface area contributed by atoms with Crippen LogP contribution in [0.4, 0.5) is 0 Å². The fourth-order valence-corrected chi connectivity index (χ4v) is 4.54. The highest BCUT2D eigenvalue weighted by molar-refractivity contribution is 6.00. The van der Waals surface area contributed by atoms with Crippen molar-refractivity contribution in [1.82, 2.24) is 0 Å². The Hall–Kier alpha value is -3.13. The zero-order valence-electron chi connectivity index (χ0n) is 16.8. The van der Waals surface area contributed by atoms with Gasteiger partial charge in [-0.05, 0) is 27.8 Å². The van der Waals surface area contributed by atoms with Gasteiger partial charge in [-0.2, -0.15) is 0 Å². The molecule has 0 amide bonds. The van der Waals surface area contributed by atoms with E-state index in [4.69, 9.17) is 4.74 Å². The summed E-state index contributed by atoms with van der Waals surface area (Å²) in [6.07, 6.45) is 3.46. The number of benzene rings is 3. The maximum absolute atomic E-state index is 13.2. The lowest BCUT2D eigenvalue weighted by Gasteiger charge is -2.37. The normalized spacial score (nSPS) is 20.8. The van der Waals surface area contributed by atoms with Gasteiger partial charge in [-0.25, -0.2) is 0 Å². The van der Waals surface area contributed by atoms with Crippen molar-refractivity contribution in [2.45, 2.75) is 32.6 Å². The SMILES string of the molecule is CC1(C)CC(=O)C2=C(C1)OC(c1ccccc1)=CC2c1ccc2ccccc2c1. The first-order valence-corrected chi connectivity index (χ1v) is 10.2. The molecule has 0 fully saturated rings. The Morgan fingerprint density at radius 2 is 1.59 bits per heavy atom. The first-order valence-electron chi connectivity index (χ1n) is 10.2. The molecule has 1 aliphatic carbocycles. The molecule has 29 heavy (non-hydrogen) atoms. The van der Waals surface area contributed by atoms with Crippen molar-refractivity contribution in [3.05, 3.63) is 101 Å². The molecule has 3 aromatic rings. The second-order valence-electron chi connectivity index (χ2n) is 8.86. The van der Waals surface area contributed by atoms with Crippen LogP contribution < -0.4 is 0 Å². The van der Waals surface area contributed by atoms with E-state index >= 15 is 0 Å². The minimum atomic E-state index is -0.0813. The summed E-state index contributed by atoms with van der Waals surface area (Å²) in [5.41, 5.74) is 2.93. The smallest absolute Gasteiger partial charge is 0.163 e. The number of hydrogen-bond acceptors (Lipinski definition) is 2. The molecular formula is C27H24O2. The van der Waals surface area contributed by atoms with Crippen molar-refractivity contribution >= 4 is 22.3 Å². The molecule has 1 heterocycles. The predicted molar refractivity (Wildman–Crippen MR) is 117 cm³/mol. The van der Waals surface area contributed by atoms with Crippen molar-refractivity contribution < 1.29 is 9.53 Å². The van der Waals surface area contributed by atoms with Crippen molar-refractivity contribution in [3.63, 3.8) is 0 Å². The molecule has 2 aliphatic rings. The predicted octanol–water partition coefficient (Wildman–Crippen LogP) is 6.64. The van der Waals surface area contributed by atoms with Crippen LogP contribution in [0.15, 0.2) is 90.2 Å². The molecule has 0 saturated carbocycles. The van der Waals surface area contributed by atoms with Crippen LogP contribution in [-0.4, -0.2) is 5.78 Å². The zero-order valence-corrected chi connectivity index (χ0v) is 16.8. The summed E-state index contributed by atoms with van der Waals surface area (Å²) in [5.74, 6) is 1.80. The third-order valence-corrected chi connectivity index (χ3v) is 5.93. The largest absolute Gasteiger partial charge is 0.461 e. The summed E-state index contributed by atoms with van der Waals surface area (Å²) in [6, 6.07) is 25.0. The second-order valence-corrected chi connectivity index (χ2v) is 8.86. The summed E-state index contributed by atoms with van der Waals surface area (Å²) in [5, 5.41) is 2.40. The van der Waals surface area contributed by atoms with E-state index in [1.54, 1.807) is 0 Å². The number of rotatable bonds is 2. The first kappa shape index (κ1) is 17.9. The van der Waals surface area contributed by atoms with Gasteiger partial charge in [0.1, 0.15) is 11.5 Å². The number of Topliss-reactive ketones (excluding diaryl/α,β-unsaturated/α-hetero) is 1. The molecule has 2 heteroatoms. The Morgan fingerprint density at radius 3 is 2.38 bits per heavy atom. The summed E-state index contributed by atoms with van der Waals surface area (Å²) in [4.78, 5) is 13.2. The Labute approximate surface area is 171 Å². The van der Waals surface area contributed by atoms with E-state index in [0.717, 1.165) is 34.6 Å². The Kier molecular flexibility index (Phi) is 4.16. The quantitative estimate of drug-likeness (QED) is 0.498. The Morgan fingerprint density at radius 1 is 0.862 bits per heavy atom. The molecule has 1 unspecified atom stereocenters. The van der Waals surface area contributed by atoms with Crippen molar-refractivity contribution in [3.8, 4) is 0 Å². The lowest BCUT2D eigenvalue weighted by atomic mass is 9.71. The molecule has 0 N–H and O–H groups in total. The van der Waals surface area contributed by atoms with Crippen LogP contribution in [0.25, 0.3) is 16.5 Å². The number of ether oxygens (including phenoxy) is 1. The van der Waals surface area contributed by atoms with E-state index in [9.17, 15) is 4.79 Å². The zero-order chi connectivity index (χ0) is 20.0. The Balaban J connectivity index is 1.67. The van der Waals surface area contributed by atoms with Crippen LogP contribution in [0, 0.1) is 5.41 Å². The molecule has 0 aromatic heterocycles. The van der Waals surface area contributed by atoms with Crippen LogP contribution >= 0.6 is 0 Å². The van der Waals surface area contributed by atoms with Crippen LogP contribution in [-0.2, 0) is 9.53 Å². The molecule has 0 bridgehead atoms. The van der Waals surface area contributed by atoms with E-state index in [1.165, 1.54) is 10.8 Å². The fourth-order valence-electron chi connectivity index (χ4n) is 4.54. The highest BCUT2D eigenvalue weighted by Gasteiger charge is 2.40. The monoisotopic (exact) mass is 380 g/mol. The molecule has 1 atom stereocenters. The third-order valence-electron chi connectivity index (χ3n) is 5.93. The molecule has 144 valence electrons. The molecule has 3 aromatic carbocycles. The van der Waals surface area contributed by atoms with E-state index in [2.05, 4.69) is 74.5 Å². The molecule has 5 rings (SSSR count). The molecule has 2 nitrogen and oxygen atoms in total. The van der Waals surface area contributed by atoms with E-state index in [-0.39, 0.29) is 17.1 Å². The van der Waals surface area contributed by atoms with Gasteiger partial charge in [-0.1, -0.05) is 86.6 Å². The number of carbonyl (C=O) groups is 1. The van der Waals surface area contributed by atoms with Crippen molar-refractivity contribution in [1.29, 1.82) is 0 Å². The molecule has 0 radical (unpaired) electrons. The highest BCUT2D eigenvalue weighted by Crippen LogP contribution is 2.47. The number of hydrogen-bond donors (Lipinski definition) is 0. The molecule has 0 saturated heterocycles. The summed E-state index contributed by atoms with van der Waals surface area (Å²) in [7, 11) is 0. The summed E-state index contributed by atoms with van der Waals surface area (Å²) in [6.45, 7) is 4.28. The van der Waals surface area contributed by atoms with E-state index < -0.39 is 0 Å². The van der Waals surface area contributed by atoms with Crippen molar-refractivity contribution in [2.75, 3.05) is 0 Å². The van der Waals surface area contributed by atoms with Crippen LogP contribution in [0.5, 0.6) is 0 Å². The highest BCUT2D eigenvalue weighted by atomic mass is 16.5. The van der Waals surface area contributed by atoms with Gasteiger partial charge in [-0.15, -0.1) is 0 Å². The fraction of sp³-hybridized carbons (Fsp3) is 0.222. The lowest BCUT2D eigenvalue weighted by Crippen LogP contribution is -2.30. The van der Waals surface area contributed by atoms with Crippen LogP contribution in [0.1, 0.15) is 43.7 Å². The number of fused-ring (bicyclic) bond motifs is 1. The second kappa shape index (κ2) is 6.73. The minimum absolute atomic E-state index is 0.0804. The van der Waals surface area contributed by atoms with Gasteiger partial charge in [0.25, 0.3) is 0 Å². The van der Waals surface area contributed by atoms with Gasteiger partial charge < -0.3 is 4.74 Å². The van der Waals surface area contributed by atoms with Crippen LogP contribution in [0.3, 0.4) is 0 Å².